The molecule has 0 spiro atoms. The molecule has 0 fully saturated rings. The quantitative estimate of drug-likeness (QED) is 0.833. The van der Waals surface area contributed by atoms with E-state index in [0.717, 1.165) is 19.1 Å². The summed E-state index contributed by atoms with van der Waals surface area (Å²) in [7, 11) is 0. The molecule has 1 unspecified atom stereocenters. The summed E-state index contributed by atoms with van der Waals surface area (Å²) in [5.74, 6) is -3.55. The number of benzene rings is 1. The molecular weight excluding hydrogens is 263 g/mol. The number of rotatable bonds is 3. The van der Waals surface area contributed by atoms with Crippen molar-refractivity contribution in [1.29, 1.82) is 0 Å². The molecule has 0 heterocycles. The van der Waals surface area contributed by atoms with Gasteiger partial charge in [-0.05, 0) is 31.5 Å². The Labute approximate surface area is 107 Å². The highest BCUT2D eigenvalue weighted by atomic mass is 19.4. The number of halogens is 3. The highest BCUT2D eigenvalue weighted by molar-refractivity contribution is 6.04. The summed E-state index contributed by atoms with van der Waals surface area (Å²) < 4.78 is 37.6. The van der Waals surface area contributed by atoms with Gasteiger partial charge in [-0.3, -0.25) is 9.59 Å². The van der Waals surface area contributed by atoms with Crippen molar-refractivity contribution in [3.8, 4) is 0 Å². The molecule has 0 aliphatic heterocycles. The zero-order valence-electron chi connectivity index (χ0n) is 10.2. The lowest BCUT2D eigenvalue weighted by atomic mass is 10.1. The minimum atomic E-state index is -4.52. The highest BCUT2D eigenvalue weighted by Crippen LogP contribution is 2.32. The Kier molecular flexibility index (Phi) is 4.18. The van der Waals surface area contributed by atoms with E-state index in [4.69, 9.17) is 5.11 Å². The first-order valence-electron chi connectivity index (χ1n) is 5.34. The van der Waals surface area contributed by atoms with Gasteiger partial charge < -0.3 is 10.4 Å². The van der Waals surface area contributed by atoms with Crippen LogP contribution in [0.15, 0.2) is 18.2 Å². The number of carbonyl (C=O) groups is 2. The summed E-state index contributed by atoms with van der Waals surface area (Å²) in [6, 6.07) is 2.89. The Morgan fingerprint density at radius 1 is 1.32 bits per heavy atom. The maximum absolute atomic E-state index is 12.5. The van der Waals surface area contributed by atoms with Crippen LogP contribution < -0.4 is 5.32 Å². The van der Waals surface area contributed by atoms with Crippen LogP contribution in [0.25, 0.3) is 0 Å². The number of hydrogen-bond acceptors (Lipinski definition) is 2. The van der Waals surface area contributed by atoms with Crippen molar-refractivity contribution in [2.24, 2.45) is 5.92 Å². The van der Waals surface area contributed by atoms with E-state index in [1.165, 1.54) is 13.0 Å². The van der Waals surface area contributed by atoms with Gasteiger partial charge in [0, 0.05) is 5.69 Å². The number of carboxylic acid groups (broad SMARTS) is 1. The van der Waals surface area contributed by atoms with E-state index in [9.17, 15) is 22.8 Å². The van der Waals surface area contributed by atoms with Crippen LogP contribution in [0.5, 0.6) is 0 Å². The first-order chi connectivity index (χ1) is 8.62. The van der Waals surface area contributed by atoms with Crippen molar-refractivity contribution in [3.63, 3.8) is 0 Å². The Morgan fingerprint density at radius 2 is 1.89 bits per heavy atom. The predicted molar refractivity (Wildman–Crippen MR) is 61.6 cm³/mol. The van der Waals surface area contributed by atoms with Gasteiger partial charge in [-0.2, -0.15) is 13.2 Å². The molecule has 19 heavy (non-hydrogen) atoms. The maximum Gasteiger partial charge on any atom is 0.416 e. The van der Waals surface area contributed by atoms with Gasteiger partial charge in [0.25, 0.3) is 0 Å². The fourth-order valence-electron chi connectivity index (χ4n) is 1.29. The van der Waals surface area contributed by atoms with Gasteiger partial charge in [0.15, 0.2) is 0 Å². The van der Waals surface area contributed by atoms with Crippen molar-refractivity contribution in [2.45, 2.75) is 20.0 Å². The number of carbonyl (C=O) groups excluding carboxylic acids is 1. The zero-order chi connectivity index (χ0) is 14.8. The second-order valence-electron chi connectivity index (χ2n) is 4.08. The molecular formula is C12H12F3NO3. The second kappa shape index (κ2) is 5.29. The third kappa shape index (κ3) is 3.70. The van der Waals surface area contributed by atoms with Crippen molar-refractivity contribution in [3.05, 3.63) is 29.3 Å². The third-order valence-corrected chi connectivity index (χ3v) is 2.59. The van der Waals surface area contributed by atoms with Gasteiger partial charge in [-0.25, -0.2) is 0 Å². The second-order valence-corrected chi connectivity index (χ2v) is 4.08. The van der Waals surface area contributed by atoms with Gasteiger partial charge in [0.05, 0.1) is 5.56 Å². The number of aryl methyl sites for hydroxylation is 1. The van der Waals surface area contributed by atoms with Crippen LogP contribution in [-0.4, -0.2) is 17.0 Å². The molecule has 0 saturated heterocycles. The predicted octanol–water partition coefficient (Wildman–Crippen LogP) is 2.67. The van der Waals surface area contributed by atoms with Crippen LogP contribution in [0.4, 0.5) is 18.9 Å². The number of amides is 1. The zero-order valence-corrected chi connectivity index (χ0v) is 10.2. The largest absolute Gasteiger partial charge is 0.481 e. The fraction of sp³-hybridized carbons (Fsp3) is 0.333. The first-order valence-corrected chi connectivity index (χ1v) is 5.34. The van der Waals surface area contributed by atoms with Crippen molar-refractivity contribution in [1.82, 2.24) is 0 Å². The summed E-state index contributed by atoms with van der Waals surface area (Å²) in [4.78, 5) is 22.1. The molecule has 4 nitrogen and oxygen atoms in total. The van der Waals surface area contributed by atoms with Crippen LogP contribution in [0.1, 0.15) is 18.1 Å². The Hall–Kier alpha value is -2.05. The lowest BCUT2D eigenvalue weighted by Crippen LogP contribution is -2.27. The van der Waals surface area contributed by atoms with E-state index < -0.39 is 29.5 Å². The van der Waals surface area contributed by atoms with E-state index in [1.807, 2.05) is 0 Å². The molecule has 104 valence electrons. The van der Waals surface area contributed by atoms with Crippen LogP contribution >= 0.6 is 0 Å². The third-order valence-electron chi connectivity index (χ3n) is 2.59. The van der Waals surface area contributed by atoms with Gasteiger partial charge in [0.1, 0.15) is 5.92 Å². The summed E-state index contributed by atoms with van der Waals surface area (Å²) in [5, 5.41) is 10.8. The Bertz CT molecular complexity index is 511. The van der Waals surface area contributed by atoms with Crippen molar-refractivity contribution in [2.75, 3.05) is 5.32 Å². The molecule has 1 aromatic carbocycles. The van der Waals surface area contributed by atoms with E-state index in [-0.39, 0.29) is 5.69 Å². The monoisotopic (exact) mass is 275 g/mol. The average Bonchev–Trinajstić information content (AvgIpc) is 2.29. The molecule has 0 radical (unpaired) electrons. The summed E-state index contributed by atoms with van der Waals surface area (Å²) in [6.45, 7) is 2.67. The topological polar surface area (TPSA) is 66.4 Å². The maximum atomic E-state index is 12.5. The van der Waals surface area contributed by atoms with E-state index in [1.54, 1.807) is 0 Å². The molecule has 0 bridgehead atoms. The molecule has 2 N–H and O–H groups in total. The number of alkyl halides is 3. The minimum absolute atomic E-state index is 0.0482. The Morgan fingerprint density at radius 3 is 2.37 bits per heavy atom. The number of aliphatic carboxylic acids is 1. The lowest BCUT2D eigenvalue weighted by Gasteiger charge is -2.13. The standard InChI is InChI=1S/C12H12F3NO3/c1-6-3-4-8(12(13,14)15)5-9(6)16-10(17)7(2)11(18)19/h3-5,7H,1-2H3,(H,16,17)(H,18,19). The molecule has 0 aliphatic rings. The minimum Gasteiger partial charge on any atom is -0.481 e. The summed E-state index contributed by atoms with van der Waals surface area (Å²) in [6.07, 6.45) is -4.52. The van der Waals surface area contributed by atoms with Crippen LogP contribution in [0.2, 0.25) is 0 Å². The number of nitrogens with one attached hydrogen (secondary N) is 1. The molecule has 0 aliphatic carbocycles. The Balaban J connectivity index is 3.01. The van der Waals surface area contributed by atoms with Crippen LogP contribution in [-0.2, 0) is 15.8 Å². The SMILES string of the molecule is Cc1ccc(C(F)(F)F)cc1NC(=O)C(C)C(=O)O. The molecule has 7 heteroatoms. The average molecular weight is 275 g/mol. The number of anilines is 1. The first kappa shape index (κ1) is 15.0. The van der Waals surface area contributed by atoms with Gasteiger partial charge in [0.2, 0.25) is 5.91 Å². The molecule has 1 aromatic rings. The lowest BCUT2D eigenvalue weighted by molar-refractivity contribution is -0.144. The molecule has 1 atom stereocenters. The molecule has 0 aromatic heterocycles. The van der Waals surface area contributed by atoms with Crippen molar-refractivity contribution >= 4 is 17.6 Å². The molecule has 0 saturated carbocycles. The van der Waals surface area contributed by atoms with Crippen LogP contribution in [0.3, 0.4) is 0 Å². The van der Waals surface area contributed by atoms with E-state index in [2.05, 4.69) is 5.32 Å². The summed E-state index contributed by atoms with van der Waals surface area (Å²) >= 11 is 0. The molecule has 1 amide bonds. The van der Waals surface area contributed by atoms with Gasteiger partial charge >= 0.3 is 12.1 Å². The van der Waals surface area contributed by atoms with Gasteiger partial charge in [-0.1, -0.05) is 6.07 Å². The van der Waals surface area contributed by atoms with E-state index >= 15 is 0 Å². The number of carboxylic acids is 1. The highest BCUT2D eigenvalue weighted by Gasteiger charge is 2.31. The molecule has 1 rings (SSSR count). The van der Waals surface area contributed by atoms with Gasteiger partial charge in [-0.15, -0.1) is 0 Å². The normalized spacial score (nSPS) is 12.9. The summed E-state index contributed by atoms with van der Waals surface area (Å²) in [5.41, 5.74) is -0.539. The van der Waals surface area contributed by atoms with Crippen LogP contribution in [0, 0.1) is 12.8 Å². The van der Waals surface area contributed by atoms with Crippen molar-refractivity contribution < 1.29 is 27.9 Å². The smallest absolute Gasteiger partial charge is 0.416 e. The number of hydrogen-bond donors (Lipinski definition) is 2. The fourth-order valence-corrected chi connectivity index (χ4v) is 1.29. The van der Waals surface area contributed by atoms with E-state index in [0.29, 0.717) is 5.56 Å².